The van der Waals surface area contributed by atoms with Crippen LogP contribution in [0.3, 0.4) is 0 Å². The molecule has 3 rings (SSSR count). The standard InChI is InChI=1S/C15H17N3S2/c1-10-8-20-15(17-10)7-12(18-16)6-11-9-19-14-5-3-2-4-13(11)14/h2-5,8-9,12,18H,6-7,16H2,1H3. The van der Waals surface area contributed by atoms with E-state index in [1.807, 2.05) is 6.92 Å². The van der Waals surface area contributed by atoms with Gasteiger partial charge in [-0.25, -0.2) is 4.98 Å². The molecular weight excluding hydrogens is 286 g/mol. The zero-order chi connectivity index (χ0) is 13.9. The topological polar surface area (TPSA) is 50.9 Å². The average molecular weight is 303 g/mol. The number of rotatable bonds is 5. The average Bonchev–Trinajstić information content (AvgIpc) is 3.05. The number of nitrogens with zero attached hydrogens (tertiary/aromatic N) is 1. The molecule has 0 saturated carbocycles. The maximum atomic E-state index is 5.72. The lowest BCUT2D eigenvalue weighted by Gasteiger charge is -2.14. The van der Waals surface area contributed by atoms with E-state index in [4.69, 9.17) is 5.84 Å². The second kappa shape index (κ2) is 6.01. The Hall–Kier alpha value is -1.27. The van der Waals surface area contributed by atoms with Crippen LogP contribution < -0.4 is 11.3 Å². The van der Waals surface area contributed by atoms with E-state index in [9.17, 15) is 0 Å². The first-order chi connectivity index (χ1) is 9.76. The van der Waals surface area contributed by atoms with Gasteiger partial charge in [0.1, 0.15) is 0 Å². The predicted octanol–water partition coefficient (Wildman–Crippen LogP) is 3.28. The predicted molar refractivity (Wildman–Crippen MR) is 87.2 cm³/mol. The SMILES string of the molecule is Cc1csc(CC(Cc2csc3ccccc23)NN)n1. The van der Waals surface area contributed by atoms with Gasteiger partial charge in [0.25, 0.3) is 0 Å². The molecule has 1 aromatic carbocycles. The van der Waals surface area contributed by atoms with E-state index in [0.29, 0.717) is 0 Å². The second-order valence-corrected chi connectivity index (χ2v) is 6.77. The minimum absolute atomic E-state index is 0.221. The second-order valence-electron chi connectivity index (χ2n) is 4.91. The molecule has 2 aromatic heterocycles. The third-order valence-corrected chi connectivity index (χ3v) is 5.35. The molecule has 2 heterocycles. The van der Waals surface area contributed by atoms with Gasteiger partial charge in [-0.05, 0) is 35.7 Å². The molecule has 0 spiro atoms. The molecule has 0 fully saturated rings. The summed E-state index contributed by atoms with van der Waals surface area (Å²) in [6, 6.07) is 8.74. The van der Waals surface area contributed by atoms with Crippen LogP contribution >= 0.6 is 22.7 Å². The minimum atomic E-state index is 0.221. The molecule has 5 heteroatoms. The highest BCUT2D eigenvalue weighted by atomic mass is 32.1. The molecule has 104 valence electrons. The van der Waals surface area contributed by atoms with Gasteiger partial charge in [0.15, 0.2) is 0 Å². The van der Waals surface area contributed by atoms with Gasteiger partial charge in [0, 0.05) is 28.2 Å². The molecule has 0 aliphatic heterocycles. The highest BCUT2D eigenvalue weighted by Gasteiger charge is 2.13. The highest BCUT2D eigenvalue weighted by Crippen LogP contribution is 2.27. The van der Waals surface area contributed by atoms with Crippen molar-refractivity contribution in [2.24, 2.45) is 5.84 Å². The molecule has 3 aromatic rings. The molecule has 0 radical (unpaired) electrons. The summed E-state index contributed by atoms with van der Waals surface area (Å²) in [5.41, 5.74) is 5.38. The van der Waals surface area contributed by atoms with Crippen molar-refractivity contribution in [1.29, 1.82) is 0 Å². The van der Waals surface area contributed by atoms with E-state index in [1.54, 1.807) is 22.7 Å². The van der Waals surface area contributed by atoms with Gasteiger partial charge in [0.2, 0.25) is 0 Å². The lowest BCUT2D eigenvalue weighted by molar-refractivity contribution is 0.523. The van der Waals surface area contributed by atoms with Gasteiger partial charge in [-0.1, -0.05) is 18.2 Å². The lowest BCUT2D eigenvalue weighted by Crippen LogP contribution is -2.38. The summed E-state index contributed by atoms with van der Waals surface area (Å²) < 4.78 is 1.34. The summed E-state index contributed by atoms with van der Waals surface area (Å²) in [5, 5.41) is 6.81. The number of thiophene rings is 1. The fourth-order valence-corrected chi connectivity index (χ4v) is 4.18. The fourth-order valence-electron chi connectivity index (χ4n) is 2.35. The summed E-state index contributed by atoms with van der Waals surface area (Å²) in [7, 11) is 0. The zero-order valence-corrected chi connectivity index (χ0v) is 12.9. The molecule has 3 nitrogen and oxygen atoms in total. The molecule has 1 atom stereocenters. The van der Waals surface area contributed by atoms with Crippen LogP contribution in [0.5, 0.6) is 0 Å². The Morgan fingerprint density at radius 1 is 1.20 bits per heavy atom. The lowest BCUT2D eigenvalue weighted by atomic mass is 10.0. The smallest absolute Gasteiger partial charge is 0.0944 e. The van der Waals surface area contributed by atoms with Gasteiger partial charge in [0.05, 0.1) is 5.01 Å². The first-order valence-electron chi connectivity index (χ1n) is 6.58. The number of hydrogen-bond acceptors (Lipinski definition) is 5. The zero-order valence-electron chi connectivity index (χ0n) is 11.3. The number of aromatic nitrogens is 1. The van der Waals surface area contributed by atoms with Crippen molar-refractivity contribution in [3.05, 3.63) is 51.3 Å². The third kappa shape index (κ3) is 2.91. The molecule has 1 unspecified atom stereocenters. The fraction of sp³-hybridized carbons (Fsp3) is 0.267. The van der Waals surface area contributed by atoms with Crippen LogP contribution in [0.25, 0.3) is 10.1 Å². The summed E-state index contributed by atoms with van der Waals surface area (Å²) >= 11 is 3.50. The summed E-state index contributed by atoms with van der Waals surface area (Å²) in [5.74, 6) is 5.72. The quantitative estimate of drug-likeness (QED) is 0.562. The number of hydrogen-bond donors (Lipinski definition) is 2. The Morgan fingerprint density at radius 3 is 2.80 bits per heavy atom. The molecular formula is C15H17N3S2. The maximum Gasteiger partial charge on any atom is 0.0944 e. The number of benzene rings is 1. The van der Waals surface area contributed by atoms with Gasteiger partial charge in [-0.2, -0.15) is 0 Å². The Bertz CT molecular complexity index is 702. The molecule has 0 bridgehead atoms. The largest absolute Gasteiger partial charge is 0.271 e. The van der Waals surface area contributed by atoms with Gasteiger partial charge in [-0.15, -0.1) is 22.7 Å². The van der Waals surface area contributed by atoms with Crippen LogP contribution in [0.4, 0.5) is 0 Å². The monoisotopic (exact) mass is 303 g/mol. The first kappa shape index (κ1) is 13.7. The van der Waals surface area contributed by atoms with Crippen LogP contribution in [0.15, 0.2) is 35.0 Å². The molecule has 0 amide bonds. The van der Waals surface area contributed by atoms with Crippen LogP contribution in [-0.2, 0) is 12.8 Å². The number of fused-ring (bicyclic) bond motifs is 1. The van der Waals surface area contributed by atoms with Crippen molar-refractivity contribution in [3.63, 3.8) is 0 Å². The van der Waals surface area contributed by atoms with Crippen LogP contribution in [0, 0.1) is 6.92 Å². The molecule has 0 aliphatic carbocycles. The van der Waals surface area contributed by atoms with Crippen molar-refractivity contribution in [2.75, 3.05) is 0 Å². The van der Waals surface area contributed by atoms with Crippen molar-refractivity contribution < 1.29 is 0 Å². The molecule has 0 aliphatic rings. The van der Waals surface area contributed by atoms with E-state index in [1.165, 1.54) is 15.6 Å². The van der Waals surface area contributed by atoms with Gasteiger partial charge >= 0.3 is 0 Å². The van der Waals surface area contributed by atoms with Crippen LogP contribution in [-0.4, -0.2) is 11.0 Å². The minimum Gasteiger partial charge on any atom is -0.271 e. The van der Waals surface area contributed by atoms with Crippen molar-refractivity contribution in [1.82, 2.24) is 10.4 Å². The van der Waals surface area contributed by atoms with E-state index < -0.39 is 0 Å². The molecule has 0 saturated heterocycles. The third-order valence-electron chi connectivity index (χ3n) is 3.35. The van der Waals surface area contributed by atoms with E-state index in [-0.39, 0.29) is 6.04 Å². The van der Waals surface area contributed by atoms with Crippen molar-refractivity contribution >= 4 is 32.8 Å². The highest BCUT2D eigenvalue weighted by molar-refractivity contribution is 7.17. The van der Waals surface area contributed by atoms with Crippen molar-refractivity contribution in [3.8, 4) is 0 Å². The van der Waals surface area contributed by atoms with E-state index in [0.717, 1.165) is 23.5 Å². The summed E-state index contributed by atoms with van der Waals surface area (Å²) in [6.45, 7) is 2.03. The summed E-state index contributed by atoms with van der Waals surface area (Å²) in [6.07, 6.45) is 1.80. The Kier molecular flexibility index (Phi) is 4.12. The summed E-state index contributed by atoms with van der Waals surface area (Å²) in [4.78, 5) is 4.52. The normalized spacial score (nSPS) is 12.9. The molecule has 3 N–H and O–H groups in total. The van der Waals surface area contributed by atoms with Crippen LogP contribution in [0.2, 0.25) is 0 Å². The Balaban J connectivity index is 1.77. The molecule has 20 heavy (non-hydrogen) atoms. The maximum absolute atomic E-state index is 5.72. The number of aryl methyl sites for hydroxylation is 1. The van der Waals surface area contributed by atoms with Gasteiger partial charge < -0.3 is 0 Å². The number of hydrazine groups is 1. The number of nitrogens with two attached hydrogens (primary N) is 1. The Labute approximate surface area is 126 Å². The van der Waals surface area contributed by atoms with Crippen LogP contribution in [0.1, 0.15) is 16.3 Å². The Morgan fingerprint density at radius 2 is 2.05 bits per heavy atom. The number of nitrogens with one attached hydrogen (secondary N) is 1. The van der Waals surface area contributed by atoms with E-state index >= 15 is 0 Å². The number of thiazole rings is 1. The first-order valence-corrected chi connectivity index (χ1v) is 8.34. The van der Waals surface area contributed by atoms with E-state index in [2.05, 4.69) is 45.4 Å². The van der Waals surface area contributed by atoms with Gasteiger partial charge in [-0.3, -0.25) is 11.3 Å². The van der Waals surface area contributed by atoms with Crippen molar-refractivity contribution in [2.45, 2.75) is 25.8 Å².